The smallest absolute Gasteiger partial charge is 0.418 e. The van der Waals surface area contributed by atoms with Gasteiger partial charge >= 0.3 is 6.18 Å². The van der Waals surface area contributed by atoms with Crippen molar-refractivity contribution < 1.29 is 36.6 Å². The first-order chi connectivity index (χ1) is 18.7. The Morgan fingerprint density at radius 1 is 1.20 bits per heavy atom. The number of hydrogen-bond donors (Lipinski definition) is 3. The second-order valence-electron chi connectivity index (χ2n) is 9.68. The molecule has 3 aromatic rings. The van der Waals surface area contributed by atoms with Gasteiger partial charge in [-0.15, -0.1) is 0 Å². The lowest BCUT2D eigenvalue weighted by Crippen LogP contribution is -2.52. The largest absolute Gasteiger partial charge is 0.456 e. The zero-order valence-corrected chi connectivity index (χ0v) is 21.5. The molecule has 0 spiro atoms. The maximum Gasteiger partial charge on any atom is 0.418 e. The number of amides is 1. The molecule has 1 aliphatic heterocycles. The van der Waals surface area contributed by atoms with E-state index < -0.39 is 53.6 Å². The maximum absolute atomic E-state index is 14.9. The molecule has 13 heteroatoms. The third kappa shape index (κ3) is 6.65. The minimum atomic E-state index is -5.15. The Morgan fingerprint density at radius 2 is 1.88 bits per heavy atom. The molecule has 0 radical (unpaired) electrons. The number of aromatic amines is 1. The van der Waals surface area contributed by atoms with Crippen molar-refractivity contribution in [1.82, 2.24) is 14.9 Å². The fraction of sp³-hybridized carbons (Fsp3) is 0.370. The summed E-state index contributed by atoms with van der Waals surface area (Å²) in [6.45, 7) is 2.92. The van der Waals surface area contributed by atoms with Gasteiger partial charge in [-0.3, -0.25) is 14.5 Å². The van der Waals surface area contributed by atoms with Gasteiger partial charge in [-0.1, -0.05) is 17.7 Å². The van der Waals surface area contributed by atoms with Crippen molar-refractivity contribution in [2.24, 2.45) is 0 Å². The fourth-order valence-corrected chi connectivity index (χ4v) is 4.38. The zero-order chi connectivity index (χ0) is 29.2. The van der Waals surface area contributed by atoms with Gasteiger partial charge < -0.3 is 20.1 Å². The van der Waals surface area contributed by atoms with E-state index in [0.717, 1.165) is 11.8 Å². The number of carbonyl (C=O) groups is 1. The summed E-state index contributed by atoms with van der Waals surface area (Å²) in [7, 11) is 0. The third-order valence-electron chi connectivity index (χ3n) is 6.79. The summed E-state index contributed by atoms with van der Waals surface area (Å²) in [5.74, 6) is -4.25. The highest BCUT2D eigenvalue weighted by Gasteiger charge is 2.47. The topological polar surface area (TPSA) is 108 Å². The number of likely N-dealkylation sites (tertiary alicyclic amines) is 1. The predicted octanol–water partition coefficient (Wildman–Crippen LogP) is 4.92. The lowest BCUT2D eigenvalue weighted by Gasteiger charge is -2.40. The van der Waals surface area contributed by atoms with Crippen molar-refractivity contribution in [2.75, 3.05) is 18.4 Å². The molecule has 40 heavy (non-hydrogen) atoms. The number of rotatable bonds is 7. The van der Waals surface area contributed by atoms with Crippen LogP contribution in [0.5, 0.6) is 11.5 Å². The number of anilines is 1. The molecule has 1 amide bonds. The number of aliphatic hydroxyl groups is 1. The monoisotopic (exact) mass is 566 g/mol. The summed E-state index contributed by atoms with van der Waals surface area (Å²) in [5, 5.41) is 12.2. The summed E-state index contributed by atoms with van der Waals surface area (Å²) < 4.78 is 74.5. The summed E-state index contributed by atoms with van der Waals surface area (Å²) in [4.78, 5) is 32.4. The first-order valence-corrected chi connectivity index (χ1v) is 12.4. The number of nitrogens with one attached hydrogen (secondary N) is 2. The first-order valence-electron chi connectivity index (χ1n) is 12.4. The van der Waals surface area contributed by atoms with E-state index in [1.807, 2.05) is 24.0 Å². The molecule has 3 N–H and O–H groups in total. The van der Waals surface area contributed by atoms with E-state index in [9.17, 15) is 36.6 Å². The van der Waals surface area contributed by atoms with E-state index in [-0.39, 0.29) is 24.5 Å². The van der Waals surface area contributed by atoms with E-state index in [1.165, 1.54) is 24.1 Å². The van der Waals surface area contributed by atoms with Crippen molar-refractivity contribution in [1.29, 1.82) is 0 Å². The third-order valence-corrected chi connectivity index (χ3v) is 6.79. The van der Waals surface area contributed by atoms with E-state index in [0.29, 0.717) is 17.6 Å². The first kappa shape index (κ1) is 29.2. The standard InChI is InChI=1S/C27H27F5N4O4/c1-15-3-5-18(6-4-15)40-19-7-8-22(33-13-19)35-24(38)16(2)36-10-9-26(28,29)21(14-36)17-11-20(25(39)34-12-17)23(37)27(30,31)32/h3-8,11-13,16,21,23,37H,9-10,14H2,1-2H3,(H,34,39)(H,33,35,38)/t16-,21?,23?/m0/s1. The van der Waals surface area contributed by atoms with Gasteiger partial charge in [0.15, 0.2) is 6.10 Å². The van der Waals surface area contributed by atoms with E-state index in [4.69, 9.17) is 4.74 Å². The Balaban J connectivity index is 1.44. The second kappa shape index (κ2) is 11.3. The molecular formula is C27H27F5N4O4. The van der Waals surface area contributed by atoms with Crippen LogP contribution in [0.25, 0.3) is 0 Å². The van der Waals surface area contributed by atoms with Crippen LogP contribution >= 0.6 is 0 Å². The van der Waals surface area contributed by atoms with Crippen molar-refractivity contribution in [3.63, 3.8) is 0 Å². The molecule has 0 saturated carbocycles. The van der Waals surface area contributed by atoms with Crippen molar-refractivity contribution in [3.05, 3.63) is 81.9 Å². The Morgan fingerprint density at radius 3 is 2.50 bits per heavy atom. The molecule has 214 valence electrons. The van der Waals surface area contributed by atoms with Crippen molar-refractivity contribution in [2.45, 2.75) is 50.4 Å². The number of carbonyl (C=O) groups excluding carboxylic acids is 1. The normalized spacial score (nSPS) is 19.1. The molecule has 2 aromatic heterocycles. The van der Waals surface area contributed by atoms with Crippen LogP contribution in [0.4, 0.5) is 27.8 Å². The molecule has 2 unspecified atom stereocenters. The van der Waals surface area contributed by atoms with Gasteiger partial charge in [-0.05, 0) is 49.7 Å². The molecule has 1 aliphatic rings. The number of aliphatic hydroxyl groups excluding tert-OH is 1. The Kier molecular flexibility index (Phi) is 8.26. The van der Waals surface area contributed by atoms with Gasteiger partial charge in [-0.2, -0.15) is 13.2 Å². The molecule has 0 aliphatic carbocycles. The number of ether oxygens (including phenoxy) is 1. The SMILES string of the molecule is Cc1ccc(Oc2ccc(NC(=O)[C@H](C)N3CCC(F)(F)C(c4c[nH]c(=O)c(C(O)C(F)(F)F)c4)C3)nc2)cc1. The molecule has 1 saturated heterocycles. The number of aryl methyl sites for hydroxylation is 1. The van der Waals surface area contributed by atoms with Crippen LogP contribution in [0.15, 0.2) is 59.7 Å². The average Bonchev–Trinajstić information content (AvgIpc) is 2.90. The average molecular weight is 567 g/mol. The van der Waals surface area contributed by atoms with E-state index >= 15 is 0 Å². The number of hydrogen-bond acceptors (Lipinski definition) is 6. The maximum atomic E-state index is 14.9. The van der Waals surface area contributed by atoms with Gasteiger partial charge in [0.1, 0.15) is 17.3 Å². The number of benzene rings is 1. The summed E-state index contributed by atoms with van der Waals surface area (Å²) in [6.07, 6.45) is -6.63. The van der Waals surface area contributed by atoms with Gasteiger partial charge in [0, 0.05) is 25.7 Å². The summed E-state index contributed by atoms with van der Waals surface area (Å²) in [5.41, 5.74) is -1.53. The number of alkyl halides is 5. The number of aromatic nitrogens is 2. The minimum Gasteiger partial charge on any atom is -0.456 e. The van der Waals surface area contributed by atoms with Crippen LogP contribution in [0.1, 0.15) is 42.1 Å². The van der Waals surface area contributed by atoms with Crippen LogP contribution in [0.3, 0.4) is 0 Å². The van der Waals surface area contributed by atoms with Crippen molar-refractivity contribution >= 4 is 11.7 Å². The van der Waals surface area contributed by atoms with Crippen LogP contribution in [0, 0.1) is 6.92 Å². The molecule has 4 rings (SSSR count). The fourth-order valence-electron chi connectivity index (χ4n) is 4.38. The van der Waals surface area contributed by atoms with Gasteiger partial charge in [0.05, 0.1) is 23.7 Å². The molecule has 0 bridgehead atoms. The highest BCUT2D eigenvalue weighted by Crippen LogP contribution is 2.41. The highest BCUT2D eigenvalue weighted by molar-refractivity contribution is 5.93. The molecule has 3 atom stereocenters. The number of nitrogens with zero attached hydrogens (tertiary/aromatic N) is 2. The van der Waals surface area contributed by atoms with Gasteiger partial charge in [0.25, 0.3) is 11.5 Å². The van der Waals surface area contributed by atoms with Gasteiger partial charge in [-0.25, -0.2) is 13.8 Å². The van der Waals surface area contributed by atoms with Crippen LogP contribution in [-0.2, 0) is 4.79 Å². The lowest BCUT2D eigenvalue weighted by molar-refractivity contribution is -0.207. The molecule has 1 aromatic carbocycles. The lowest BCUT2D eigenvalue weighted by atomic mass is 9.86. The van der Waals surface area contributed by atoms with Gasteiger partial charge in [0.2, 0.25) is 5.91 Å². The van der Waals surface area contributed by atoms with E-state index in [2.05, 4.69) is 10.3 Å². The number of piperidine rings is 1. The Bertz CT molecular complexity index is 1390. The molecular weight excluding hydrogens is 539 g/mol. The quantitative estimate of drug-likeness (QED) is 0.351. The zero-order valence-electron chi connectivity index (χ0n) is 21.5. The van der Waals surface area contributed by atoms with Crippen LogP contribution in [-0.4, -0.2) is 57.1 Å². The number of pyridine rings is 2. The summed E-state index contributed by atoms with van der Waals surface area (Å²) >= 11 is 0. The second-order valence-corrected chi connectivity index (χ2v) is 9.68. The van der Waals surface area contributed by atoms with E-state index in [1.54, 1.807) is 18.2 Å². The highest BCUT2D eigenvalue weighted by atomic mass is 19.4. The predicted molar refractivity (Wildman–Crippen MR) is 136 cm³/mol. The molecule has 3 heterocycles. The Labute approximate surface area is 225 Å². The minimum absolute atomic E-state index is 0.157. The summed E-state index contributed by atoms with van der Waals surface area (Å²) in [6, 6.07) is 10.3. The number of halogens is 5. The Hall–Kier alpha value is -3.84. The number of H-pyrrole nitrogens is 1. The van der Waals surface area contributed by atoms with Crippen LogP contribution < -0.4 is 15.6 Å². The molecule has 8 nitrogen and oxygen atoms in total. The van der Waals surface area contributed by atoms with Crippen molar-refractivity contribution in [3.8, 4) is 11.5 Å². The van der Waals surface area contributed by atoms with Crippen LogP contribution in [0.2, 0.25) is 0 Å². The molecule has 1 fully saturated rings.